The summed E-state index contributed by atoms with van der Waals surface area (Å²) >= 11 is 0. The van der Waals surface area contributed by atoms with Crippen molar-refractivity contribution in [1.82, 2.24) is 0 Å². The quantitative estimate of drug-likeness (QED) is 0.150. The molecule has 1 spiro atoms. The molecule has 340 valence electrons. The fraction of sp³-hybridized carbons (Fsp3) is 0.0571. The molecule has 11 aromatic carbocycles. The minimum atomic E-state index is -0.614. The van der Waals surface area contributed by atoms with E-state index < -0.39 is 5.41 Å². The van der Waals surface area contributed by atoms with Gasteiger partial charge < -0.3 is 9.80 Å². The molecule has 11 aromatic rings. The Balaban J connectivity index is 1.02. The van der Waals surface area contributed by atoms with E-state index in [9.17, 15) is 0 Å². The number of rotatable bonds is 8. The van der Waals surface area contributed by atoms with Crippen molar-refractivity contribution in [3.63, 3.8) is 0 Å². The van der Waals surface area contributed by atoms with Crippen LogP contribution in [-0.4, -0.2) is 0 Å². The second kappa shape index (κ2) is 16.3. The third-order valence-electron chi connectivity index (χ3n) is 15.9. The van der Waals surface area contributed by atoms with Crippen molar-refractivity contribution in [3.8, 4) is 55.6 Å². The molecule has 0 N–H and O–H groups in total. The number of anilines is 6. The highest BCUT2D eigenvalue weighted by Gasteiger charge is 2.52. The van der Waals surface area contributed by atoms with E-state index in [1.807, 2.05) is 0 Å². The lowest BCUT2D eigenvalue weighted by molar-refractivity contribution is 0.660. The molecular weight excluding hydrogens is 869 g/mol. The number of hydrogen-bond donors (Lipinski definition) is 0. The minimum absolute atomic E-state index is 0.166. The van der Waals surface area contributed by atoms with Crippen molar-refractivity contribution in [3.05, 3.63) is 300 Å². The van der Waals surface area contributed by atoms with Crippen molar-refractivity contribution in [2.75, 3.05) is 9.80 Å². The molecule has 0 aliphatic heterocycles. The molecule has 0 radical (unpaired) electrons. The topological polar surface area (TPSA) is 6.48 Å². The van der Waals surface area contributed by atoms with Crippen LogP contribution < -0.4 is 9.80 Å². The predicted octanol–water partition coefficient (Wildman–Crippen LogP) is 18.6. The first-order valence-corrected chi connectivity index (χ1v) is 25.2. The summed E-state index contributed by atoms with van der Waals surface area (Å²) in [5.41, 5.74) is 26.3. The molecular formula is C70H50N2. The number of para-hydroxylation sites is 3. The van der Waals surface area contributed by atoms with Crippen LogP contribution in [0.3, 0.4) is 0 Å². The molecule has 0 amide bonds. The highest BCUT2D eigenvalue weighted by molar-refractivity contribution is 5.99. The molecule has 2 heteroatoms. The zero-order valence-corrected chi connectivity index (χ0v) is 40.3. The summed E-state index contributed by atoms with van der Waals surface area (Å²) in [6.45, 7) is 4.75. The Bertz CT molecular complexity index is 3900. The zero-order chi connectivity index (χ0) is 48.0. The van der Waals surface area contributed by atoms with Gasteiger partial charge in [0.2, 0.25) is 0 Å². The fourth-order valence-electron chi connectivity index (χ4n) is 12.7. The smallest absolute Gasteiger partial charge is 0.0727 e. The fourth-order valence-corrected chi connectivity index (χ4v) is 12.7. The third kappa shape index (κ3) is 6.15. The van der Waals surface area contributed by atoms with Crippen LogP contribution in [0.5, 0.6) is 0 Å². The Kier molecular flexibility index (Phi) is 9.50. The van der Waals surface area contributed by atoms with Gasteiger partial charge in [0.1, 0.15) is 0 Å². The van der Waals surface area contributed by atoms with Gasteiger partial charge in [-0.25, -0.2) is 0 Å². The zero-order valence-electron chi connectivity index (χ0n) is 40.3. The van der Waals surface area contributed by atoms with Gasteiger partial charge in [-0.1, -0.05) is 220 Å². The summed E-state index contributed by atoms with van der Waals surface area (Å²) in [6.07, 6.45) is 0. The molecule has 0 saturated carbocycles. The lowest BCUT2D eigenvalue weighted by atomic mass is 9.70. The van der Waals surface area contributed by atoms with Gasteiger partial charge in [0, 0.05) is 39.3 Å². The molecule has 0 fully saturated rings. The monoisotopic (exact) mass is 918 g/mol. The van der Waals surface area contributed by atoms with Gasteiger partial charge in [-0.15, -0.1) is 0 Å². The summed E-state index contributed by atoms with van der Waals surface area (Å²) in [7, 11) is 0. The van der Waals surface area contributed by atoms with Gasteiger partial charge in [0.05, 0.1) is 16.8 Å². The van der Waals surface area contributed by atoms with Gasteiger partial charge in [-0.3, -0.25) is 0 Å². The Morgan fingerprint density at radius 2 is 0.556 bits per heavy atom. The lowest BCUT2D eigenvalue weighted by Gasteiger charge is -2.34. The largest absolute Gasteiger partial charge is 0.310 e. The number of hydrogen-bond acceptors (Lipinski definition) is 2. The van der Waals surface area contributed by atoms with Gasteiger partial charge in [0.15, 0.2) is 0 Å². The van der Waals surface area contributed by atoms with Crippen LogP contribution in [0, 0.1) is 0 Å². The summed E-state index contributed by atoms with van der Waals surface area (Å²) < 4.78 is 0. The second-order valence-corrected chi connectivity index (χ2v) is 20.0. The van der Waals surface area contributed by atoms with E-state index in [1.165, 1.54) is 89.0 Å². The molecule has 0 heterocycles. The number of nitrogens with zero attached hydrogens (tertiary/aromatic N) is 2. The van der Waals surface area contributed by atoms with Crippen molar-refractivity contribution in [2.45, 2.75) is 24.7 Å². The van der Waals surface area contributed by atoms with Crippen molar-refractivity contribution in [2.24, 2.45) is 0 Å². The van der Waals surface area contributed by atoms with E-state index in [1.54, 1.807) is 0 Å². The minimum Gasteiger partial charge on any atom is -0.310 e. The Morgan fingerprint density at radius 1 is 0.236 bits per heavy atom. The summed E-state index contributed by atoms with van der Waals surface area (Å²) in [6, 6.07) is 99.2. The lowest BCUT2D eigenvalue weighted by Crippen LogP contribution is -2.26. The van der Waals surface area contributed by atoms with Crippen LogP contribution >= 0.6 is 0 Å². The van der Waals surface area contributed by atoms with Crippen LogP contribution in [0.15, 0.2) is 267 Å². The molecule has 3 aliphatic carbocycles. The molecule has 72 heavy (non-hydrogen) atoms. The van der Waals surface area contributed by atoms with Crippen LogP contribution in [0.25, 0.3) is 55.6 Å². The number of benzene rings is 11. The van der Waals surface area contributed by atoms with Crippen LogP contribution in [0.1, 0.15) is 47.2 Å². The molecule has 1 atom stereocenters. The molecule has 3 aliphatic rings. The van der Waals surface area contributed by atoms with Crippen LogP contribution in [0.2, 0.25) is 0 Å². The summed E-state index contributed by atoms with van der Waals surface area (Å²) in [5.74, 6) is 0. The molecule has 0 aromatic heterocycles. The van der Waals surface area contributed by atoms with Gasteiger partial charge in [0.25, 0.3) is 0 Å². The van der Waals surface area contributed by atoms with E-state index in [0.717, 1.165) is 34.1 Å². The maximum Gasteiger partial charge on any atom is 0.0727 e. The van der Waals surface area contributed by atoms with Gasteiger partial charge in [-0.05, 0) is 139 Å². The Morgan fingerprint density at radius 3 is 1.03 bits per heavy atom. The first kappa shape index (κ1) is 41.9. The van der Waals surface area contributed by atoms with Crippen molar-refractivity contribution < 1.29 is 0 Å². The first-order chi connectivity index (χ1) is 35.5. The third-order valence-corrected chi connectivity index (χ3v) is 15.9. The first-order valence-electron chi connectivity index (χ1n) is 25.2. The van der Waals surface area contributed by atoms with Gasteiger partial charge >= 0.3 is 0 Å². The maximum absolute atomic E-state index is 2.53. The molecule has 0 bridgehead atoms. The molecule has 0 saturated heterocycles. The standard InChI is InChI=1S/C70H50N2/c1-69(2)61-33-17-12-30-55(61)58-41-38-50(44-64(58)69)72(68-37-21-16-29-54(68)48-24-8-4-9-25-48)52-40-43-60-57-32-14-19-35-63(57)70(66(60)46-52)62-34-18-13-31-56(62)59-42-39-51(45-65(59)70)71(49-26-10-5-11-27-49)67-36-20-15-28-53(67)47-22-6-3-7-23-47/h3-46H,1-2H3. The summed E-state index contributed by atoms with van der Waals surface area (Å²) in [4.78, 5) is 4.97. The Hall–Kier alpha value is -8.98. The molecule has 2 nitrogen and oxygen atoms in total. The predicted molar refractivity (Wildman–Crippen MR) is 301 cm³/mol. The van der Waals surface area contributed by atoms with E-state index in [2.05, 4.69) is 291 Å². The SMILES string of the molecule is CC1(C)c2ccccc2-c2ccc(N(c3ccc4c(c3)C3(c5ccccc5-c5ccc(N(c6ccccc6)c6ccccc6-c6ccccc6)cc53)c3ccccc3-4)c3ccccc3-c3ccccc3)cc21. The van der Waals surface area contributed by atoms with E-state index in [0.29, 0.717) is 0 Å². The highest BCUT2D eigenvalue weighted by Crippen LogP contribution is 2.64. The van der Waals surface area contributed by atoms with Crippen LogP contribution in [0.4, 0.5) is 34.1 Å². The van der Waals surface area contributed by atoms with Crippen LogP contribution in [-0.2, 0) is 10.8 Å². The van der Waals surface area contributed by atoms with Crippen molar-refractivity contribution >= 4 is 34.1 Å². The highest BCUT2D eigenvalue weighted by atomic mass is 15.2. The van der Waals surface area contributed by atoms with Crippen molar-refractivity contribution in [1.29, 1.82) is 0 Å². The normalized spacial score (nSPS) is 15.0. The van der Waals surface area contributed by atoms with E-state index in [-0.39, 0.29) is 5.41 Å². The summed E-state index contributed by atoms with van der Waals surface area (Å²) in [5, 5.41) is 0. The number of fused-ring (bicyclic) bond motifs is 13. The maximum atomic E-state index is 2.53. The second-order valence-electron chi connectivity index (χ2n) is 20.0. The average Bonchev–Trinajstić information content (AvgIpc) is 4.00. The average molecular weight is 919 g/mol. The Labute approximate surface area is 422 Å². The van der Waals surface area contributed by atoms with Gasteiger partial charge in [-0.2, -0.15) is 0 Å². The molecule has 14 rings (SSSR count). The van der Waals surface area contributed by atoms with E-state index in [4.69, 9.17) is 0 Å². The van der Waals surface area contributed by atoms with E-state index >= 15 is 0 Å². The molecule has 1 unspecified atom stereocenters.